The fourth-order valence-electron chi connectivity index (χ4n) is 1.98. The summed E-state index contributed by atoms with van der Waals surface area (Å²) < 4.78 is 27.1. The van der Waals surface area contributed by atoms with Crippen LogP contribution < -0.4 is 10.0 Å². The monoisotopic (exact) mass is 318 g/mol. The van der Waals surface area contributed by atoms with Crippen molar-refractivity contribution in [2.75, 3.05) is 5.32 Å². The third-order valence-electron chi connectivity index (χ3n) is 2.84. The first kappa shape index (κ1) is 16.2. The molecule has 0 aromatic heterocycles. The van der Waals surface area contributed by atoms with Crippen molar-refractivity contribution in [3.8, 4) is 0 Å². The second-order valence-corrected chi connectivity index (χ2v) is 6.77. The van der Waals surface area contributed by atoms with Crippen molar-refractivity contribution in [1.82, 2.24) is 4.72 Å². The van der Waals surface area contributed by atoms with Gasteiger partial charge in [0.2, 0.25) is 10.0 Å². The largest absolute Gasteiger partial charge is 0.322 e. The highest BCUT2D eigenvalue weighted by molar-refractivity contribution is 7.89. The Bertz CT molecular complexity index is 756. The highest BCUT2D eigenvalue weighted by atomic mass is 32.2. The molecule has 0 unspecified atom stereocenters. The maximum absolute atomic E-state index is 12.4. The van der Waals surface area contributed by atoms with Crippen LogP contribution in [-0.2, 0) is 10.0 Å². The molecule has 2 aromatic carbocycles. The van der Waals surface area contributed by atoms with Crippen molar-refractivity contribution < 1.29 is 13.2 Å². The maximum Gasteiger partial charge on any atom is 0.257 e. The fourth-order valence-corrected chi connectivity index (χ4v) is 3.44. The standard InChI is InChI=1S/C16H18N2O3S/c1-12(2)18-22(20,21)15-11-7-6-10-14(15)16(19)17-13-8-4-3-5-9-13/h3-12,18H,1-2H3,(H,17,19). The molecule has 0 aliphatic heterocycles. The SMILES string of the molecule is CC(C)NS(=O)(=O)c1ccccc1C(=O)Nc1ccccc1. The molecule has 6 heteroatoms. The van der Waals surface area contributed by atoms with E-state index in [1.165, 1.54) is 12.1 Å². The normalized spacial score (nSPS) is 11.4. The Kier molecular flexibility index (Phi) is 4.95. The van der Waals surface area contributed by atoms with Crippen LogP contribution in [0.25, 0.3) is 0 Å². The molecule has 0 radical (unpaired) electrons. The van der Waals surface area contributed by atoms with Gasteiger partial charge in [-0.25, -0.2) is 13.1 Å². The van der Waals surface area contributed by atoms with Crippen molar-refractivity contribution in [2.45, 2.75) is 24.8 Å². The lowest BCUT2D eigenvalue weighted by atomic mass is 10.2. The molecular formula is C16H18N2O3S. The zero-order valence-corrected chi connectivity index (χ0v) is 13.2. The van der Waals surface area contributed by atoms with Crippen LogP contribution in [0.1, 0.15) is 24.2 Å². The van der Waals surface area contributed by atoms with Gasteiger partial charge in [-0.3, -0.25) is 4.79 Å². The zero-order valence-electron chi connectivity index (χ0n) is 12.4. The minimum absolute atomic E-state index is 0.0304. The number of benzene rings is 2. The van der Waals surface area contributed by atoms with Crippen LogP contribution in [0.15, 0.2) is 59.5 Å². The van der Waals surface area contributed by atoms with E-state index >= 15 is 0 Å². The first-order valence-corrected chi connectivity index (χ1v) is 8.36. The summed E-state index contributed by atoms with van der Waals surface area (Å²) in [5, 5.41) is 2.69. The fraction of sp³-hybridized carbons (Fsp3) is 0.188. The molecule has 2 rings (SSSR count). The molecule has 5 nitrogen and oxygen atoms in total. The van der Waals surface area contributed by atoms with Gasteiger partial charge in [0.1, 0.15) is 0 Å². The van der Waals surface area contributed by atoms with E-state index in [-0.39, 0.29) is 16.5 Å². The van der Waals surface area contributed by atoms with Gasteiger partial charge >= 0.3 is 0 Å². The first-order chi connectivity index (χ1) is 10.4. The Morgan fingerprint density at radius 3 is 2.18 bits per heavy atom. The molecule has 0 saturated heterocycles. The predicted octanol–water partition coefficient (Wildman–Crippen LogP) is 2.63. The highest BCUT2D eigenvalue weighted by Gasteiger charge is 2.22. The lowest BCUT2D eigenvalue weighted by molar-refractivity contribution is 0.102. The van der Waals surface area contributed by atoms with Crippen LogP contribution in [-0.4, -0.2) is 20.4 Å². The van der Waals surface area contributed by atoms with Crippen molar-refractivity contribution in [1.29, 1.82) is 0 Å². The van der Waals surface area contributed by atoms with Crippen molar-refractivity contribution in [3.63, 3.8) is 0 Å². The number of anilines is 1. The molecule has 22 heavy (non-hydrogen) atoms. The van der Waals surface area contributed by atoms with Crippen LogP contribution in [0.2, 0.25) is 0 Å². The van der Waals surface area contributed by atoms with Crippen LogP contribution in [0.5, 0.6) is 0 Å². The summed E-state index contributed by atoms with van der Waals surface area (Å²) in [6.07, 6.45) is 0. The number of carbonyl (C=O) groups is 1. The molecule has 116 valence electrons. The van der Waals surface area contributed by atoms with Crippen LogP contribution in [0, 0.1) is 0 Å². The topological polar surface area (TPSA) is 75.3 Å². The van der Waals surface area contributed by atoms with Crippen LogP contribution in [0.3, 0.4) is 0 Å². The Balaban J connectivity index is 2.34. The minimum atomic E-state index is -3.74. The smallest absolute Gasteiger partial charge is 0.257 e. The maximum atomic E-state index is 12.4. The summed E-state index contributed by atoms with van der Waals surface area (Å²) in [5.74, 6) is -0.462. The number of hydrogen-bond donors (Lipinski definition) is 2. The van der Waals surface area contributed by atoms with Crippen LogP contribution >= 0.6 is 0 Å². The highest BCUT2D eigenvalue weighted by Crippen LogP contribution is 2.17. The second kappa shape index (κ2) is 6.72. The molecule has 0 aliphatic rings. The van der Waals surface area contributed by atoms with Crippen molar-refractivity contribution in [3.05, 3.63) is 60.2 Å². The molecule has 0 heterocycles. The number of amides is 1. The van der Waals surface area contributed by atoms with Gasteiger partial charge in [0, 0.05) is 11.7 Å². The summed E-state index contributed by atoms with van der Waals surface area (Å²) in [4.78, 5) is 12.3. The van der Waals surface area contributed by atoms with Gasteiger partial charge in [-0.05, 0) is 38.1 Å². The van der Waals surface area contributed by atoms with Gasteiger partial charge in [0.25, 0.3) is 5.91 Å². The molecule has 0 spiro atoms. The van der Waals surface area contributed by atoms with E-state index in [4.69, 9.17) is 0 Å². The number of rotatable bonds is 5. The summed E-state index contributed by atoms with van der Waals surface area (Å²) >= 11 is 0. The third kappa shape index (κ3) is 3.93. The van der Waals surface area contributed by atoms with E-state index in [0.717, 1.165) is 0 Å². The lowest BCUT2D eigenvalue weighted by Gasteiger charge is -2.13. The van der Waals surface area contributed by atoms with E-state index in [9.17, 15) is 13.2 Å². The van der Waals surface area contributed by atoms with E-state index < -0.39 is 15.9 Å². The number of nitrogens with one attached hydrogen (secondary N) is 2. The van der Waals surface area contributed by atoms with Gasteiger partial charge < -0.3 is 5.32 Å². The summed E-state index contributed by atoms with van der Waals surface area (Å²) in [6, 6.07) is 14.8. The summed E-state index contributed by atoms with van der Waals surface area (Å²) in [5.41, 5.74) is 0.719. The number of hydrogen-bond acceptors (Lipinski definition) is 3. The number of sulfonamides is 1. The Hall–Kier alpha value is -2.18. The molecule has 1 amide bonds. The van der Waals surface area contributed by atoms with Gasteiger partial charge in [0.15, 0.2) is 0 Å². The molecule has 0 saturated carbocycles. The van der Waals surface area contributed by atoms with Crippen LogP contribution in [0.4, 0.5) is 5.69 Å². The molecule has 0 fully saturated rings. The van der Waals surface area contributed by atoms with E-state index in [0.29, 0.717) is 5.69 Å². The quantitative estimate of drug-likeness (QED) is 0.890. The minimum Gasteiger partial charge on any atom is -0.322 e. The molecule has 0 aliphatic carbocycles. The summed E-state index contributed by atoms with van der Waals surface area (Å²) in [7, 11) is -3.74. The van der Waals surface area contributed by atoms with Crippen molar-refractivity contribution >= 4 is 21.6 Å². The number of para-hydroxylation sites is 1. The van der Waals surface area contributed by atoms with E-state index in [1.807, 2.05) is 6.07 Å². The molecule has 0 atom stereocenters. The summed E-state index contributed by atoms with van der Waals surface area (Å²) in [6.45, 7) is 3.45. The Morgan fingerprint density at radius 2 is 1.55 bits per heavy atom. The van der Waals surface area contributed by atoms with E-state index in [1.54, 1.807) is 50.2 Å². The first-order valence-electron chi connectivity index (χ1n) is 6.88. The lowest BCUT2D eigenvalue weighted by Crippen LogP contribution is -2.31. The number of carbonyl (C=O) groups excluding carboxylic acids is 1. The average molecular weight is 318 g/mol. The predicted molar refractivity (Wildman–Crippen MR) is 86.3 cm³/mol. The van der Waals surface area contributed by atoms with Gasteiger partial charge in [-0.1, -0.05) is 30.3 Å². The third-order valence-corrected chi connectivity index (χ3v) is 4.56. The molecule has 0 bridgehead atoms. The zero-order chi connectivity index (χ0) is 16.2. The average Bonchev–Trinajstić information content (AvgIpc) is 2.47. The molecule has 2 N–H and O–H groups in total. The van der Waals surface area contributed by atoms with Gasteiger partial charge in [0.05, 0.1) is 10.5 Å². The molecule has 2 aromatic rings. The molecular weight excluding hydrogens is 300 g/mol. The second-order valence-electron chi connectivity index (χ2n) is 5.09. The van der Waals surface area contributed by atoms with Gasteiger partial charge in [-0.15, -0.1) is 0 Å². The Morgan fingerprint density at radius 1 is 0.955 bits per heavy atom. The van der Waals surface area contributed by atoms with Crippen molar-refractivity contribution in [2.24, 2.45) is 0 Å². The van der Waals surface area contributed by atoms with Gasteiger partial charge in [-0.2, -0.15) is 0 Å². The Labute approximate surface area is 130 Å². The van der Waals surface area contributed by atoms with E-state index in [2.05, 4.69) is 10.0 Å².